The van der Waals surface area contributed by atoms with Crippen LogP contribution in [0.5, 0.6) is 5.75 Å². The minimum atomic E-state index is 0.0417. The van der Waals surface area contributed by atoms with Gasteiger partial charge in [-0.15, -0.1) is 11.3 Å². The number of benzene rings is 2. The van der Waals surface area contributed by atoms with Crippen LogP contribution in [0.3, 0.4) is 0 Å². The number of fused-ring (bicyclic) bond motifs is 4. The van der Waals surface area contributed by atoms with Crippen molar-refractivity contribution in [1.29, 1.82) is 0 Å². The van der Waals surface area contributed by atoms with Gasteiger partial charge in [-0.3, -0.25) is 9.78 Å². The van der Waals surface area contributed by atoms with Crippen LogP contribution in [0.2, 0.25) is 5.02 Å². The lowest BCUT2D eigenvalue weighted by atomic mass is 10.0. The molecular formula is C33H29ClN6O2S. The molecule has 1 N–H and O–H groups in total. The van der Waals surface area contributed by atoms with Crippen molar-refractivity contribution in [2.45, 2.75) is 26.0 Å². The van der Waals surface area contributed by atoms with Crippen molar-refractivity contribution in [1.82, 2.24) is 19.9 Å². The van der Waals surface area contributed by atoms with Crippen molar-refractivity contribution in [3.05, 3.63) is 112 Å². The number of hydrogen-bond donors (Lipinski definition) is 1. The highest BCUT2D eigenvalue weighted by atomic mass is 35.5. The van der Waals surface area contributed by atoms with E-state index in [1.54, 1.807) is 29.9 Å². The molecule has 10 heteroatoms. The summed E-state index contributed by atoms with van der Waals surface area (Å²) >= 11 is 8.18. The van der Waals surface area contributed by atoms with Gasteiger partial charge in [0.15, 0.2) is 0 Å². The number of rotatable bonds is 8. The number of amides is 1. The molecule has 5 aromatic rings. The van der Waals surface area contributed by atoms with Crippen molar-refractivity contribution in [3.8, 4) is 5.75 Å². The first kappa shape index (κ1) is 27.4. The fraction of sp³-hybridized carbons (Fsp3) is 0.212. The van der Waals surface area contributed by atoms with E-state index >= 15 is 0 Å². The number of pyridine rings is 1. The van der Waals surface area contributed by atoms with Crippen LogP contribution in [0, 0.1) is 0 Å². The molecule has 2 aliphatic heterocycles. The molecule has 0 radical (unpaired) electrons. The Hall–Kier alpha value is -4.47. The summed E-state index contributed by atoms with van der Waals surface area (Å²) in [6.45, 7) is 3.27. The van der Waals surface area contributed by atoms with Gasteiger partial charge in [0, 0.05) is 48.2 Å². The Labute approximate surface area is 258 Å². The standard InChI is InChI=1S/C33H29ClN6O2S/c34-26-18-23(10-11-28(26)42-20-24-7-3-4-14-35-24)38-32-31-25-13-17-40(19-29(25)43-33(31)37-21-36-32)30(41)9-5-15-39-16-12-22-6-1-2-8-27(22)39/h1-11,14,18,21H,12-13,15-17,19-20H2,(H,36,37,38). The molecule has 216 valence electrons. The molecule has 1 amide bonds. The Kier molecular flexibility index (Phi) is 7.65. The number of halogens is 1. The topological polar surface area (TPSA) is 83.5 Å². The van der Waals surface area contributed by atoms with E-state index in [2.05, 4.69) is 49.4 Å². The van der Waals surface area contributed by atoms with Gasteiger partial charge < -0.3 is 19.9 Å². The van der Waals surface area contributed by atoms with Gasteiger partial charge in [-0.1, -0.05) is 41.9 Å². The molecule has 0 unspecified atom stereocenters. The number of nitrogens with one attached hydrogen (secondary N) is 1. The second-order valence-corrected chi connectivity index (χ2v) is 12.0. The molecule has 43 heavy (non-hydrogen) atoms. The minimum absolute atomic E-state index is 0.0417. The van der Waals surface area contributed by atoms with Crippen molar-refractivity contribution in [2.75, 3.05) is 29.9 Å². The largest absolute Gasteiger partial charge is 0.486 e. The summed E-state index contributed by atoms with van der Waals surface area (Å²) in [6.07, 6.45) is 8.81. The SMILES string of the molecule is O=C(C=CCN1CCc2ccccc21)N1CCc2c(sc3ncnc(Nc4ccc(OCc5ccccn5)c(Cl)c4)c23)C1. The molecule has 3 aromatic heterocycles. The maximum Gasteiger partial charge on any atom is 0.246 e. The van der Waals surface area contributed by atoms with Crippen LogP contribution in [0.1, 0.15) is 21.7 Å². The summed E-state index contributed by atoms with van der Waals surface area (Å²) in [6, 6.07) is 19.8. The molecule has 0 atom stereocenters. The third-order valence-corrected chi connectivity index (χ3v) is 9.23. The predicted octanol–water partition coefficient (Wildman–Crippen LogP) is 6.57. The number of carbonyl (C=O) groups excluding carboxylic acids is 1. The smallest absolute Gasteiger partial charge is 0.246 e. The Morgan fingerprint density at radius 1 is 1.05 bits per heavy atom. The Morgan fingerprint density at radius 2 is 1.95 bits per heavy atom. The number of ether oxygens (including phenoxy) is 1. The van der Waals surface area contributed by atoms with Crippen molar-refractivity contribution >= 4 is 56.3 Å². The summed E-state index contributed by atoms with van der Waals surface area (Å²) < 4.78 is 5.87. The first-order chi connectivity index (χ1) is 21.1. The van der Waals surface area contributed by atoms with Crippen LogP contribution in [0.4, 0.5) is 17.2 Å². The molecule has 2 aliphatic rings. The van der Waals surface area contributed by atoms with Crippen LogP contribution in [-0.4, -0.2) is 45.4 Å². The molecule has 8 nitrogen and oxygen atoms in total. The van der Waals surface area contributed by atoms with E-state index in [9.17, 15) is 4.79 Å². The zero-order valence-corrected chi connectivity index (χ0v) is 24.9. The number of aromatic nitrogens is 3. The first-order valence-electron chi connectivity index (χ1n) is 14.3. The minimum Gasteiger partial charge on any atom is -0.486 e. The Balaban J connectivity index is 1.02. The average Bonchev–Trinajstić information content (AvgIpc) is 3.62. The highest BCUT2D eigenvalue weighted by molar-refractivity contribution is 7.19. The lowest BCUT2D eigenvalue weighted by Gasteiger charge is -2.26. The highest BCUT2D eigenvalue weighted by Gasteiger charge is 2.26. The van der Waals surface area contributed by atoms with Gasteiger partial charge in [-0.2, -0.15) is 0 Å². The van der Waals surface area contributed by atoms with Crippen LogP contribution in [0.25, 0.3) is 10.2 Å². The van der Waals surface area contributed by atoms with Crippen LogP contribution >= 0.6 is 22.9 Å². The van der Waals surface area contributed by atoms with E-state index in [4.69, 9.17) is 16.3 Å². The quantitative estimate of drug-likeness (QED) is 0.200. The number of para-hydroxylation sites is 1. The van der Waals surface area contributed by atoms with Gasteiger partial charge in [0.25, 0.3) is 0 Å². The van der Waals surface area contributed by atoms with E-state index in [0.717, 1.165) is 58.2 Å². The fourth-order valence-corrected chi connectivity index (χ4v) is 7.10. The van der Waals surface area contributed by atoms with Crippen LogP contribution < -0.4 is 15.0 Å². The third-order valence-electron chi connectivity index (χ3n) is 7.81. The van der Waals surface area contributed by atoms with Crippen molar-refractivity contribution in [3.63, 3.8) is 0 Å². The zero-order chi connectivity index (χ0) is 29.2. The number of anilines is 3. The summed E-state index contributed by atoms with van der Waals surface area (Å²) in [5.74, 6) is 1.36. The van der Waals surface area contributed by atoms with Crippen molar-refractivity contribution in [2.24, 2.45) is 0 Å². The highest BCUT2D eigenvalue weighted by Crippen LogP contribution is 2.39. The lowest BCUT2D eigenvalue weighted by Crippen LogP contribution is -2.34. The molecular weight excluding hydrogens is 580 g/mol. The Morgan fingerprint density at radius 3 is 2.84 bits per heavy atom. The van der Waals surface area contributed by atoms with Gasteiger partial charge in [0.2, 0.25) is 5.91 Å². The molecule has 7 rings (SSSR count). The van der Waals surface area contributed by atoms with E-state index < -0.39 is 0 Å². The molecule has 0 aliphatic carbocycles. The van der Waals surface area contributed by atoms with Gasteiger partial charge >= 0.3 is 0 Å². The van der Waals surface area contributed by atoms with E-state index in [0.29, 0.717) is 30.5 Å². The second-order valence-electron chi connectivity index (χ2n) is 10.5. The monoisotopic (exact) mass is 608 g/mol. The molecule has 5 heterocycles. The molecule has 0 saturated carbocycles. The maximum atomic E-state index is 13.1. The summed E-state index contributed by atoms with van der Waals surface area (Å²) in [5.41, 5.74) is 5.47. The number of thiophene rings is 1. The zero-order valence-electron chi connectivity index (χ0n) is 23.4. The average molecular weight is 609 g/mol. The predicted molar refractivity (Wildman–Crippen MR) is 171 cm³/mol. The fourth-order valence-electron chi connectivity index (χ4n) is 5.66. The normalized spacial score (nSPS) is 14.3. The summed E-state index contributed by atoms with van der Waals surface area (Å²) in [4.78, 5) is 32.8. The Bertz CT molecular complexity index is 1830. The summed E-state index contributed by atoms with van der Waals surface area (Å²) in [7, 11) is 0. The van der Waals surface area contributed by atoms with E-state index in [1.807, 2.05) is 47.4 Å². The van der Waals surface area contributed by atoms with Gasteiger partial charge in [0.1, 0.15) is 29.3 Å². The van der Waals surface area contributed by atoms with Gasteiger partial charge in [-0.05, 0) is 60.4 Å². The summed E-state index contributed by atoms with van der Waals surface area (Å²) in [5, 5.41) is 4.93. The second kappa shape index (κ2) is 12.0. The number of nitrogens with zero attached hydrogens (tertiary/aromatic N) is 5. The molecule has 0 bridgehead atoms. The van der Waals surface area contributed by atoms with E-state index in [1.165, 1.54) is 16.8 Å². The number of carbonyl (C=O) groups is 1. The van der Waals surface area contributed by atoms with Crippen molar-refractivity contribution < 1.29 is 9.53 Å². The molecule has 2 aromatic carbocycles. The van der Waals surface area contributed by atoms with Crippen LogP contribution in [-0.2, 0) is 30.8 Å². The molecule has 0 spiro atoms. The maximum absolute atomic E-state index is 13.1. The lowest BCUT2D eigenvalue weighted by molar-refractivity contribution is -0.126. The van der Waals surface area contributed by atoms with Gasteiger partial charge in [-0.25, -0.2) is 9.97 Å². The van der Waals surface area contributed by atoms with Gasteiger partial charge in [0.05, 0.1) is 22.6 Å². The first-order valence-corrected chi connectivity index (χ1v) is 15.4. The third kappa shape index (κ3) is 5.78. The number of hydrogen-bond acceptors (Lipinski definition) is 8. The molecule has 0 fully saturated rings. The molecule has 0 saturated heterocycles. The van der Waals surface area contributed by atoms with Crippen LogP contribution in [0.15, 0.2) is 85.3 Å². The van der Waals surface area contributed by atoms with E-state index in [-0.39, 0.29) is 5.91 Å².